The number of carbonyl (C=O) groups is 1. The highest BCUT2D eigenvalue weighted by molar-refractivity contribution is 5.78. The molecule has 0 aromatic rings. The predicted octanol–water partition coefficient (Wildman–Crippen LogP) is 0.429. The Kier molecular flexibility index (Phi) is 1.60. The van der Waals surface area contributed by atoms with Crippen LogP contribution >= 0.6 is 0 Å². The number of esters is 1. The van der Waals surface area contributed by atoms with Gasteiger partial charge in [0.25, 0.3) is 0 Å². The van der Waals surface area contributed by atoms with Gasteiger partial charge in [-0.25, -0.2) is 0 Å². The van der Waals surface area contributed by atoms with E-state index in [-0.39, 0.29) is 18.1 Å². The van der Waals surface area contributed by atoms with E-state index in [0.717, 1.165) is 12.8 Å². The molecule has 2 rings (SSSR count). The summed E-state index contributed by atoms with van der Waals surface area (Å²) < 4.78 is 5.11. The molecule has 1 aliphatic heterocycles. The van der Waals surface area contributed by atoms with Crippen LogP contribution in [0.5, 0.6) is 0 Å². The Hall–Kier alpha value is -0.570. The fourth-order valence-electron chi connectivity index (χ4n) is 2.09. The summed E-state index contributed by atoms with van der Waals surface area (Å²) >= 11 is 0. The van der Waals surface area contributed by atoms with Gasteiger partial charge in [-0.05, 0) is 19.3 Å². The van der Waals surface area contributed by atoms with Gasteiger partial charge in [-0.3, -0.25) is 4.79 Å². The zero-order valence-electron chi connectivity index (χ0n) is 6.45. The summed E-state index contributed by atoms with van der Waals surface area (Å²) in [4.78, 5) is 11.0. The molecular formula is C8H13NO2. The van der Waals surface area contributed by atoms with Crippen molar-refractivity contribution in [2.75, 3.05) is 0 Å². The van der Waals surface area contributed by atoms with Crippen LogP contribution in [0.1, 0.15) is 25.7 Å². The molecule has 2 fully saturated rings. The second-order valence-electron chi connectivity index (χ2n) is 3.45. The zero-order valence-corrected chi connectivity index (χ0v) is 6.45. The summed E-state index contributed by atoms with van der Waals surface area (Å²) in [6.45, 7) is 0. The molecule has 1 aliphatic carbocycles. The first kappa shape index (κ1) is 7.10. The lowest BCUT2D eigenvalue weighted by Gasteiger charge is -2.23. The van der Waals surface area contributed by atoms with Crippen molar-refractivity contribution in [3.63, 3.8) is 0 Å². The lowest BCUT2D eigenvalue weighted by atomic mass is 9.84. The highest BCUT2D eigenvalue weighted by Crippen LogP contribution is 2.33. The molecule has 11 heavy (non-hydrogen) atoms. The van der Waals surface area contributed by atoms with Crippen LogP contribution < -0.4 is 5.73 Å². The van der Waals surface area contributed by atoms with Crippen LogP contribution in [0, 0.1) is 5.92 Å². The highest BCUT2D eigenvalue weighted by Gasteiger charge is 2.43. The van der Waals surface area contributed by atoms with Crippen LogP contribution in [-0.4, -0.2) is 18.1 Å². The molecule has 3 heteroatoms. The highest BCUT2D eigenvalue weighted by atomic mass is 16.6. The maximum absolute atomic E-state index is 11.0. The number of hydrogen-bond donors (Lipinski definition) is 1. The normalized spacial score (nSPS) is 43.4. The molecule has 0 amide bonds. The molecule has 0 spiro atoms. The molecule has 3 atom stereocenters. The van der Waals surface area contributed by atoms with Crippen LogP contribution in [0.3, 0.4) is 0 Å². The molecule has 1 saturated heterocycles. The minimum absolute atomic E-state index is 0.145. The zero-order chi connectivity index (χ0) is 7.84. The van der Waals surface area contributed by atoms with Crippen molar-refractivity contribution in [2.45, 2.75) is 37.8 Å². The minimum atomic E-state index is -0.333. The lowest BCUT2D eigenvalue weighted by Crippen LogP contribution is -2.35. The van der Waals surface area contributed by atoms with E-state index in [2.05, 4.69) is 0 Å². The molecule has 2 N–H and O–H groups in total. The molecule has 62 valence electrons. The summed E-state index contributed by atoms with van der Waals surface area (Å²) in [6, 6.07) is -0.333. The van der Waals surface area contributed by atoms with Gasteiger partial charge in [-0.2, -0.15) is 0 Å². The SMILES string of the molecule is N[C@H]1C(=O)O[C@H]2CCCC[C@@H]21. The first-order valence-electron chi connectivity index (χ1n) is 4.25. The molecule has 0 bridgehead atoms. The predicted molar refractivity (Wildman–Crippen MR) is 39.8 cm³/mol. The molecule has 0 aromatic carbocycles. The molecule has 0 radical (unpaired) electrons. The molecule has 1 heterocycles. The van der Waals surface area contributed by atoms with Crippen molar-refractivity contribution in [3.8, 4) is 0 Å². The van der Waals surface area contributed by atoms with Gasteiger partial charge in [-0.1, -0.05) is 6.42 Å². The topological polar surface area (TPSA) is 52.3 Å². The molecule has 3 nitrogen and oxygen atoms in total. The van der Waals surface area contributed by atoms with Crippen molar-refractivity contribution < 1.29 is 9.53 Å². The summed E-state index contributed by atoms with van der Waals surface area (Å²) in [6.07, 6.45) is 4.61. The Morgan fingerprint density at radius 3 is 2.82 bits per heavy atom. The van der Waals surface area contributed by atoms with E-state index in [1.165, 1.54) is 12.8 Å². The number of fused-ring (bicyclic) bond motifs is 1. The van der Waals surface area contributed by atoms with E-state index < -0.39 is 0 Å². The Balaban J connectivity index is 2.11. The third-order valence-corrected chi connectivity index (χ3v) is 2.75. The second-order valence-corrected chi connectivity index (χ2v) is 3.45. The number of carbonyl (C=O) groups excluding carboxylic acids is 1. The van der Waals surface area contributed by atoms with Gasteiger partial charge in [0.1, 0.15) is 12.1 Å². The third-order valence-electron chi connectivity index (χ3n) is 2.75. The molecular weight excluding hydrogens is 142 g/mol. The third kappa shape index (κ3) is 1.03. The molecule has 2 aliphatic rings. The van der Waals surface area contributed by atoms with E-state index in [9.17, 15) is 4.79 Å². The number of hydrogen-bond acceptors (Lipinski definition) is 3. The van der Waals surface area contributed by atoms with Crippen molar-refractivity contribution >= 4 is 5.97 Å². The first-order valence-corrected chi connectivity index (χ1v) is 4.25. The molecule has 0 aromatic heterocycles. The van der Waals surface area contributed by atoms with Gasteiger partial charge < -0.3 is 10.5 Å². The van der Waals surface area contributed by atoms with Gasteiger partial charge in [0, 0.05) is 5.92 Å². The van der Waals surface area contributed by atoms with Crippen LogP contribution in [-0.2, 0) is 9.53 Å². The van der Waals surface area contributed by atoms with Crippen molar-refractivity contribution in [2.24, 2.45) is 11.7 Å². The fourth-order valence-corrected chi connectivity index (χ4v) is 2.09. The Morgan fingerprint density at radius 1 is 1.36 bits per heavy atom. The second kappa shape index (κ2) is 2.48. The van der Waals surface area contributed by atoms with Crippen LogP contribution in [0.2, 0.25) is 0 Å². The standard InChI is InChI=1S/C8H13NO2/c9-7-5-3-1-2-4-6(5)11-8(7)10/h5-7H,1-4,9H2/t5-,6-,7+/m0/s1. The van der Waals surface area contributed by atoms with Gasteiger partial charge in [0.2, 0.25) is 0 Å². The molecule has 0 unspecified atom stereocenters. The monoisotopic (exact) mass is 155 g/mol. The first-order chi connectivity index (χ1) is 5.29. The summed E-state index contributed by atoms with van der Waals surface area (Å²) in [5.41, 5.74) is 5.66. The summed E-state index contributed by atoms with van der Waals surface area (Å²) in [5.74, 6) is 0.123. The summed E-state index contributed by atoms with van der Waals surface area (Å²) in [7, 11) is 0. The van der Waals surface area contributed by atoms with E-state index in [1.54, 1.807) is 0 Å². The van der Waals surface area contributed by atoms with E-state index in [0.29, 0.717) is 5.92 Å². The Morgan fingerprint density at radius 2 is 2.09 bits per heavy atom. The smallest absolute Gasteiger partial charge is 0.323 e. The maximum atomic E-state index is 11.0. The van der Waals surface area contributed by atoms with Crippen LogP contribution in [0.4, 0.5) is 0 Å². The maximum Gasteiger partial charge on any atom is 0.323 e. The summed E-state index contributed by atoms with van der Waals surface area (Å²) in [5, 5.41) is 0. The van der Waals surface area contributed by atoms with E-state index in [4.69, 9.17) is 10.5 Å². The van der Waals surface area contributed by atoms with Crippen molar-refractivity contribution in [3.05, 3.63) is 0 Å². The van der Waals surface area contributed by atoms with Crippen molar-refractivity contribution in [1.29, 1.82) is 0 Å². The molecule has 1 saturated carbocycles. The fraction of sp³-hybridized carbons (Fsp3) is 0.875. The number of ether oxygens (including phenoxy) is 1. The van der Waals surface area contributed by atoms with Crippen LogP contribution in [0.25, 0.3) is 0 Å². The largest absolute Gasteiger partial charge is 0.461 e. The Labute approximate surface area is 65.9 Å². The van der Waals surface area contributed by atoms with Gasteiger partial charge in [0.15, 0.2) is 0 Å². The number of nitrogens with two attached hydrogens (primary N) is 1. The van der Waals surface area contributed by atoms with Crippen molar-refractivity contribution in [1.82, 2.24) is 0 Å². The minimum Gasteiger partial charge on any atom is -0.461 e. The average Bonchev–Trinajstić information content (AvgIpc) is 2.30. The van der Waals surface area contributed by atoms with Gasteiger partial charge >= 0.3 is 5.97 Å². The van der Waals surface area contributed by atoms with Crippen LogP contribution in [0.15, 0.2) is 0 Å². The Bertz CT molecular complexity index is 181. The number of rotatable bonds is 0. The van der Waals surface area contributed by atoms with E-state index in [1.807, 2.05) is 0 Å². The van der Waals surface area contributed by atoms with E-state index >= 15 is 0 Å². The quantitative estimate of drug-likeness (QED) is 0.516. The average molecular weight is 155 g/mol. The lowest BCUT2D eigenvalue weighted by molar-refractivity contribution is -0.142. The van der Waals surface area contributed by atoms with Gasteiger partial charge in [0.05, 0.1) is 0 Å². The van der Waals surface area contributed by atoms with Gasteiger partial charge in [-0.15, -0.1) is 0 Å².